The van der Waals surface area contributed by atoms with Crippen molar-refractivity contribution < 1.29 is 48.6 Å². The van der Waals surface area contributed by atoms with Crippen LogP contribution in [0.15, 0.2) is 41.8 Å². The molecular formula is C47H75N13O10. The summed E-state index contributed by atoms with van der Waals surface area (Å²) in [6, 6.07) is -1.39. The number of imidazole rings is 1. The molecule has 9 atom stereocenters. The van der Waals surface area contributed by atoms with Crippen molar-refractivity contribution in [1.29, 1.82) is 0 Å². The number of aliphatic imine (C=N–C) groups is 1. The number of phenols is 1. The number of guanidine groups is 1. The van der Waals surface area contributed by atoms with Crippen LogP contribution in [0.1, 0.15) is 98.2 Å². The molecule has 0 bridgehead atoms. The number of H-pyrrole nitrogens is 1. The number of likely N-dealkylation sites (tertiary alicyclic amines) is 1. The van der Waals surface area contributed by atoms with E-state index in [4.69, 9.17) is 17.2 Å². The van der Waals surface area contributed by atoms with Gasteiger partial charge in [0.1, 0.15) is 47.5 Å². The fourth-order valence-electron chi connectivity index (χ4n) is 8.12. The highest BCUT2D eigenvalue weighted by Gasteiger charge is 2.43. The van der Waals surface area contributed by atoms with Crippen molar-refractivity contribution in [3.63, 3.8) is 0 Å². The maximum Gasteiger partial charge on any atom is 0.326 e. The molecule has 2 heterocycles. The van der Waals surface area contributed by atoms with Gasteiger partial charge in [0.2, 0.25) is 41.4 Å². The number of carboxylic acids is 1. The Morgan fingerprint density at radius 2 is 1.49 bits per heavy atom. The van der Waals surface area contributed by atoms with E-state index < -0.39 is 101 Å². The molecule has 70 heavy (non-hydrogen) atoms. The fourth-order valence-corrected chi connectivity index (χ4v) is 8.12. The standard InChI is InChI=1S/C47H75N13O10/c1-9-27(5)37(42(66)55-33(22-30-24-51-25-53-30)43(67)60-20-11-13-34(60)40(64)57-38(44(68)69)28(6)10-2)56-39(63)32(21-29-14-16-31(61)17-15-29)54-41(65)36(26(3)4)58-45(70)47(7,59(8)35(62)23-48)18-12-19-52-46(49)50/h14-17,24-28,32-34,36-38,61H,9-13,18-23,48H2,1-8H3,(H,51,53)(H,54,65)(H,55,66)(H,56,63)(H,57,64)(H,58,70)(H,68,69)(H4,49,50,52)/t27-,28-,32-,33-,34-,36-,37-,38-,47-/m0/s1. The molecule has 0 spiro atoms. The highest BCUT2D eigenvalue weighted by atomic mass is 16.4. The van der Waals surface area contributed by atoms with Crippen molar-refractivity contribution in [2.75, 3.05) is 26.7 Å². The van der Waals surface area contributed by atoms with E-state index in [1.165, 1.54) is 48.4 Å². The monoisotopic (exact) mass is 982 g/mol. The second-order valence-electron chi connectivity index (χ2n) is 18.6. The highest BCUT2D eigenvalue weighted by Crippen LogP contribution is 2.24. The zero-order chi connectivity index (χ0) is 52.5. The molecule has 23 nitrogen and oxygen atoms in total. The van der Waals surface area contributed by atoms with Gasteiger partial charge in [-0.2, -0.15) is 0 Å². The van der Waals surface area contributed by atoms with Crippen molar-refractivity contribution in [2.24, 2.45) is 39.9 Å². The minimum Gasteiger partial charge on any atom is -0.508 e. The molecular weight excluding hydrogens is 907 g/mol. The van der Waals surface area contributed by atoms with Crippen LogP contribution in [0.5, 0.6) is 5.75 Å². The minimum absolute atomic E-state index is 0.0417. The van der Waals surface area contributed by atoms with E-state index in [2.05, 4.69) is 41.5 Å². The van der Waals surface area contributed by atoms with E-state index in [-0.39, 0.29) is 69.4 Å². The summed E-state index contributed by atoms with van der Waals surface area (Å²) in [6.07, 6.45) is 4.64. The number of carbonyl (C=O) groups is 8. The van der Waals surface area contributed by atoms with Crippen LogP contribution in [0.2, 0.25) is 0 Å². The molecule has 1 aromatic heterocycles. The molecule has 3 rings (SSSR count). The first-order chi connectivity index (χ1) is 33.0. The number of nitrogens with two attached hydrogens (primary N) is 3. The Labute approximate surface area is 409 Å². The molecule has 23 heteroatoms. The Morgan fingerprint density at radius 3 is 2.04 bits per heavy atom. The van der Waals surface area contributed by atoms with Gasteiger partial charge < -0.3 is 68.8 Å². The van der Waals surface area contributed by atoms with Gasteiger partial charge in [-0.15, -0.1) is 0 Å². The third kappa shape index (κ3) is 15.9. The van der Waals surface area contributed by atoms with Crippen LogP contribution in [0, 0.1) is 17.8 Å². The Hall–Kier alpha value is -6.78. The predicted molar refractivity (Wildman–Crippen MR) is 260 cm³/mol. The third-order valence-electron chi connectivity index (χ3n) is 13.1. The molecule has 0 radical (unpaired) electrons. The highest BCUT2D eigenvalue weighted by molar-refractivity contribution is 5.98. The Kier molecular flexibility index (Phi) is 22.1. The van der Waals surface area contributed by atoms with Crippen LogP contribution < -0.4 is 43.8 Å². The predicted octanol–water partition coefficient (Wildman–Crippen LogP) is -0.622. The molecule has 1 aliphatic rings. The van der Waals surface area contributed by atoms with E-state index in [9.17, 15) is 48.6 Å². The molecule has 1 aromatic carbocycles. The summed E-state index contributed by atoms with van der Waals surface area (Å²) < 4.78 is 0. The van der Waals surface area contributed by atoms with Crippen molar-refractivity contribution in [3.8, 4) is 5.75 Å². The summed E-state index contributed by atoms with van der Waals surface area (Å²) in [7, 11) is 1.42. The smallest absolute Gasteiger partial charge is 0.326 e. The molecule has 1 fully saturated rings. The lowest BCUT2D eigenvalue weighted by molar-refractivity contribution is -0.146. The Bertz CT molecular complexity index is 2130. The van der Waals surface area contributed by atoms with Gasteiger partial charge in [0.15, 0.2) is 5.96 Å². The van der Waals surface area contributed by atoms with Crippen LogP contribution >= 0.6 is 0 Å². The van der Waals surface area contributed by atoms with E-state index >= 15 is 0 Å². The summed E-state index contributed by atoms with van der Waals surface area (Å²) >= 11 is 0. The number of aliphatic carboxylic acids is 1. The molecule has 7 amide bonds. The molecule has 14 N–H and O–H groups in total. The lowest BCUT2D eigenvalue weighted by Crippen LogP contribution is -2.64. The number of nitrogens with zero attached hydrogens (tertiary/aromatic N) is 4. The van der Waals surface area contributed by atoms with Gasteiger partial charge in [-0.3, -0.25) is 38.6 Å². The normalized spacial score (nSPS) is 17.3. The summed E-state index contributed by atoms with van der Waals surface area (Å²) in [5.74, 6) is -7.58. The summed E-state index contributed by atoms with van der Waals surface area (Å²) in [4.78, 5) is 124. The van der Waals surface area contributed by atoms with Gasteiger partial charge in [0.25, 0.3) is 0 Å². The SMILES string of the molecule is CC[C@H](C)[C@H](NC(=O)[C@@H]1CCCN1C(=O)[C@H](Cc1cnc[nH]1)NC(=O)[C@@H](NC(=O)[C@H](Cc1ccc(O)cc1)NC(=O)[C@@H](NC(=O)[C@](C)(CCCN=C(N)N)N(C)C(=O)CN)C(C)C)[C@@H](C)CC)C(=O)O. The number of benzene rings is 1. The van der Waals surface area contributed by atoms with Crippen LogP contribution in [-0.2, 0) is 51.2 Å². The zero-order valence-electron chi connectivity index (χ0n) is 41.6. The number of amides is 7. The van der Waals surface area contributed by atoms with Crippen LogP contribution in [0.4, 0.5) is 0 Å². The first-order valence-electron chi connectivity index (χ1n) is 23.8. The number of aromatic nitrogens is 2. The van der Waals surface area contributed by atoms with Gasteiger partial charge in [-0.05, 0) is 68.1 Å². The number of phenolic OH excluding ortho intramolecular Hbond substituents is 1. The van der Waals surface area contributed by atoms with E-state index in [0.29, 0.717) is 30.5 Å². The van der Waals surface area contributed by atoms with Crippen molar-refractivity contribution in [1.82, 2.24) is 46.4 Å². The van der Waals surface area contributed by atoms with E-state index in [1.807, 2.05) is 0 Å². The maximum absolute atomic E-state index is 14.6. The second-order valence-corrected chi connectivity index (χ2v) is 18.6. The molecule has 0 aliphatic carbocycles. The van der Waals surface area contributed by atoms with Crippen molar-refractivity contribution in [3.05, 3.63) is 48.0 Å². The number of likely N-dealkylation sites (N-methyl/N-ethyl adjacent to an activating group) is 1. The van der Waals surface area contributed by atoms with Gasteiger partial charge in [0.05, 0.1) is 12.9 Å². The number of aromatic amines is 1. The molecule has 0 unspecified atom stereocenters. The first kappa shape index (κ1) is 57.5. The largest absolute Gasteiger partial charge is 0.508 e. The van der Waals surface area contributed by atoms with E-state index in [0.717, 1.165) is 0 Å². The topological polar surface area (TPSA) is 363 Å². The van der Waals surface area contributed by atoms with Crippen molar-refractivity contribution in [2.45, 2.75) is 142 Å². The Morgan fingerprint density at radius 1 is 0.871 bits per heavy atom. The zero-order valence-corrected chi connectivity index (χ0v) is 41.6. The Balaban J connectivity index is 1.96. The quantitative estimate of drug-likeness (QED) is 0.0302. The van der Waals surface area contributed by atoms with Crippen molar-refractivity contribution >= 4 is 53.3 Å². The number of aromatic hydroxyl groups is 1. The summed E-state index contributed by atoms with van der Waals surface area (Å²) in [6.45, 7) is 11.9. The second kappa shape index (κ2) is 26.8. The average Bonchev–Trinajstić information content (AvgIpc) is 4.04. The number of hydrogen-bond acceptors (Lipinski definition) is 12. The van der Waals surface area contributed by atoms with Gasteiger partial charge in [0, 0.05) is 44.9 Å². The summed E-state index contributed by atoms with van der Waals surface area (Å²) in [5.41, 5.74) is 16.1. The lowest BCUT2D eigenvalue weighted by Gasteiger charge is -2.39. The fraction of sp³-hybridized carbons (Fsp3) is 0.617. The number of hydrogen-bond donors (Lipinski definition) is 11. The number of rotatable bonds is 27. The number of carbonyl (C=O) groups excluding carboxylic acids is 7. The van der Waals surface area contributed by atoms with Gasteiger partial charge >= 0.3 is 5.97 Å². The molecule has 388 valence electrons. The average molecular weight is 982 g/mol. The van der Waals surface area contributed by atoms with Crippen LogP contribution in [0.25, 0.3) is 0 Å². The molecule has 1 aliphatic heterocycles. The van der Waals surface area contributed by atoms with Crippen LogP contribution in [-0.4, -0.2) is 152 Å². The van der Waals surface area contributed by atoms with Gasteiger partial charge in [-0.25, -0.2) is 9.78 Å². The summed E-state index contributed by atoms with van der Waals surface area (Å²) in [5, 5.41) is 33.6. The maximum atomic E-state index is 14.6. The van der Waals surface area contributed by atoms with Gasteiger partial charge in [-0.1, -0.05) is 66.5 Å². The third-order valence-corrected chi connectivity index (χ3v) is 13.1. The number of carboxylic acid groups (broad SMARTS) is 1. The number of nitrogens with one attached hydrogen (secondary N) is 6. The lowest BCUT2D eigenvalue weighted by atomic mass is 9.91. The first-order valence-corrected chi connectivity index (χ1v) is 23.8. The molecule has 2 aromatic rings. The molecule has 1 saturated heterocycles. The minimum atomic E-state index is -1.52. The molecule has 0 saturated carbocycles. The van der Waals surface area contributed by atoms with E-state index in [1.54, 1.807) is 53.7 Å². The van der Waals surface area contributed by atoms with Crippen LogP contribution in [0.3, 0.4) is 0 Å².